The van der Waals surface area contributed by atoms with E-state index < -0.39 is 9.84 Å². The van der Waals surface area contributed by atoms with E-state index in [1.807, 2.05) is 19.1 Å². The highest BCUT2D eigenvalue weighted by atomic mass is 32.2. The van der Waals surface area contributed by atoms with Crippen LogP contribution in [-0.2, 0) is 9.84 Å². The van der Waals surface area contributed by atoms with Gasteiger partial charge in [-0.2, -0.15) is 5.26 Å². The molecule has 0 amide bonds. The summed E-state index contributed by atoms with van der Waals surface area (Å²) < 4.78 is 22.3. The Morgan fingerprint density at radius 1 is 1.47 bits per heavy atom. The Bertz CT molecular complexity index is 544. The Balaban J connectivity index is 2.90. The predicted octanol–water partition coefficient (Wildman–Crippen LogP) is 1.71. The van der Waals surface area contributed by atoms with Gasteiger partial charge in [-0.3, -0.25) is 0 Å². The molecule has 0 aliphatic carbocycles. The largest absolute Gasteiger partial charge is 0.380 e. The van der Waals surface area contributed by atoms with Gasteiger partial charge in [0.15, 0.2) is 0 Å². The first-order valence-electron chi connectivity index (χ1n) is 5.27. The molecule has 0 aromatic heterocycles. The molecule has 0 bridgehead atoms. The van der Waals surface area contributed by atoms with E-state index in [1.54, 1.807) is 13.0 Å². The van der Waals surface area contributed by atoms with Crippen LogP contribution in [0.1, 0.15) is 18.1 Å². The van der Waals surface area contributed by atoms with E-state index in [-0.39, 0.29) is 11.8 Å². The molecule has 4 nitrogen and oxygen atoms in total. The van der Waals surface area contributed by atoms with Gasteiger partial charge in [0.2, 0.25) is 0 Å². The lowest BCUT2D eigenvalue weighted by Gasteiger charge is -2.16. The summed E-state index contributed by atoms with van der Waals surface area (Å²) >= 11 is 0. The number of hydrogen-bond acceptors (Lipinski definition) is 4. The van der Waals surface area contributed by atoms with E-state index in [0.717, 1.165) is 5.56 Å². The molecule has 1 aromatic carbocycles. The van der Waals surface area contributed by atoms with E-state index in [9.17, 15) is 8.42 Å². The fourth-order valence-electron chi connectivity index (χ4n) is 1.70. The molecule has 0 saturated heterocycles. The van der Waals surface area contributed by atoms with Gasteiger partial charge in [-0.25, -0.2) is 8.42 Å². The van der Waals surface area contributed by atoms with Gasteiger partial charge in [0.05, 0.1) is 17.0 Å². The zero-order valence-corrected chi connectivity index (χ0v) is 11.0. The molecule has 5 heteroatoms. The van der Waals surface area contributed by atoms with Crippen molar-refractivity contribution in [3.63, 3.8) is 0 Å². The maximum absolute atomic E-state index is 11.1. The molecule has 0 saturated carbocycles. The van der Waals surface area contributed by atoms with Gasteiger partial charge >= 0.3 is 0 Å². The molecule has 0 aliphatic heterocycles. The number of benzene rings is 1. The van der Waals surface area contributed by atoms with Gasteiger partial charge in [0, 0.05) is 12.3 Å². The van der Waals surface area contributed by atoms with E-state index in [4.69, 9.17) is 5.26 Å². The zero-order chi connectivity index (χ0) is 13.1. The van der Waals surface area contributed by atoms with Crippen molar-refractivity contribution in [2.45, 2.75) is 19.9 Å². The second-order valence-electron chi connectivity index (χ2n) is 4.25. The average molecular weight is 252 g/mol. The number of nitrogens with zero attached hydrogens (tertiary/aromatic N) is 1. The van der Waals surface area contributed by atoms with Crippen molar-refractivity contribution < 1.29 is 8.42 Å². The van der Waals surface area contributed by atoms with Crippen LogP contribution in [0, 0.1) is 18.3 Å². The minimum absolute atomic E-state index is 0.0474. The van der Waals surface area contributed by atoms with Gasteiger partial charge in [-0.1, -0.05) is 12.1 Å². The number of nitriles is 1. The molecule has 0 heterocycles. The Morgan fingerprint density at radius 2 is 2.12 bits per heavy atom. The van der Waals surface area contributed by atoms with Crippen molar-refractivity contribution in [3.8, 4) is 6.07 Å². The molecular formula is C12H16N2O2S. The molecule has 92 valence electrons. The smallest absolute Gasteiger partial charge is 0.149 e. The third-order valence-electron chi connectivity index (χ3n) is 2.34. The van der Waals surface area contributed by atoms with Crippen LogP contribution < -0.4 is 5.32 Å². The highest BCUT2D eigenvalue weighted by Crippen LogP contribution is 2.19. The second kappa shape index (κ2) is 5.19. The van der Waals surface area contributed by atoms with Crippen LogP contribution in [-0.4, -0.2) is 26.5 Å². The Morgan fingerprint density at radius 3 is 2.65 bits per heavy atom. The summed E-state index contributed by atoms with van der Waals surface area (Å²) in [5.74, 6) is 0.0474. The monoisotopic (exact) mass is 252 g/mol. The van der Waals surface area contributed by atoms with Gasteiger partial charge in [0.25, 0.3) is 0 Å². The summed E-state index contributed by atoms with van der Waals surface area (Å²) in [5, 5.41) is 12.1. The molecular weight excluding hydrogens is 236 g/mol. The van der Waals surface area contributed by atoms with Crippen LogP contribution in [0.25, 0.3) is 0 Å². The van der Waals surface area contributed by atoms with Gasteiger partial charge in [-0.15, -0.1) is 0 Å². The SMILES string of the molecule is Cc1cccc(NC(C)CS(C)(=O)=O)c1C#N. The van der Waals surface area contributed by atoms with Crippen LogP contribution in [0.15, 0.2) is 18.2 Å². The zero-order valence-electron chi connectivity index (χ0n) is 10.2. The number of rotatable bonds is 4. The van der Waals surface area contributed by atoms with Gasteiger partial charge < -0.3 is 5.32 Å². The van der Waals surface area contributed by atoms with Crippen LogP contribution in [0.5, 0.6) is 0 Å². The number of hydrogen-bond donors (Lipinski definition) is 1. The lowest BCUT2D eigenvalue weighted by Crippen LogP contribution is -2.25. The molecule has 1 rings (SSSR count). The normalized spacial score (nSPS) is 12.8. The number of aryl methyl sites for hydroxylation is 1. The van der Waals surface area contributed by atoms with Crippen LogP contribution in [0.4, 0.5) is 5.69 Å². The summed E-state index contributed by atoms with van der Waals surface area (Å²) in [6, 6.07) is 7.37. The van der Waals surface area contributed by atoms with Crippen LogP contribution in [0.2, 0.25) is 0 Å². The molecule has 0 aliphatic rings. The van der Waals surface area contributed by atoms with Crippen molar-refractivity contribution in [2.75, 3.05) is 17.3 Å². The molecule has 0 radical (unpaired) electrons. The predicted molar refractivity (Wildman–Crippen MR) is 68.7 cm³/mol. The molecule has 1 aromatic rings. The number of nitrogens with one attached hydrogen (secondary N) is 1. The number of anilines is 1. The standard InChI is InChI=1S/C12H16N2O2S/c1-9-5-4-6-12(11(9)7-13)14-10(2)8-17(3,15)16/h4-6,10,14H,8H2,1-3H3. The van der Waals surface area contributed by atoms with Gasteiger partial charge in [0.1, 0.15) is 15.9 Å². The molecule has 17 heavy (non-hydrogen) atoms. The minimum Gasteiger partial charge on any atom is -0.380 e. The van der Waals surface area contributed by atoms with Crippen LogP contribution in [0.3, 0.4) is 0 Å². The molecule has 0 spiro atoms. The summed E-state index contributed by atoms with van der Waals surface area (Å²) in [7, 11) is -3.02. The van der Waals surface area contributed by atoms with Crippen molar-refractivity contribution >= 4 is 15.5 Å². The van der Waals surface area contributed by atoms with Crippen molar-refractivity contribution in [2.24, 2.45) is 0 Å². The minimum atomic E-state index is -3.02. The van der Waals surface area contributed by atoms with Crippen molar-refractivity contribution in [3.05, 3.63) is 29.3 Å². The average Bonchev–Trinajstić information content (AvgIpc) is 2.14. The Kier molecular flexibility index (Phi) is 4.13. The Labute approximate surface area is 102 Å². The van der Waals surface area contributed by atoms with E-state index in [2.05, 4.69) is 11.4 Å². The molecule has 0 fully saturated rings. The van der Waals surface area contributed by atoms with E-state index in [1.165, 1.54) is 6.26 Å². The molecule has 1 N–H and O–H groups in total. The highest BCUT2D eigenvalue weighted by molar-refractivity contribution is 7.90. The quantitative estimate of drug-likeness (QED) is 0.885. The first-order chi connectivity index (χ1) is 7.83. The topological polar surface area (TPSA) is 70.0 Å². The van der Waals surface area contributed by atoms with Crippen LogP contribution >= 0.6 is 0 Å². The lowest BCUT2D eigenvalue weighted by molar-refractivity contribution is 0.598. The van der Waals surface area contributed by atoms with Gasteiger partial charge in [-0.05, 0) is 25.5 Å². The lowest BCUT2D eigenvalue weighted by atomic mass is 10.1. The maximum atomic E-state index is 11.1. The summed E-state index contributed by atoms with van der Waals surface area (Å²) in [6.45, 7) is 3.63. The number of sulfone groups is 1. The van der Waals surface area contributed by atoms with Crippen molar-refractivity contribution in [1.82, 2.24) is 0 Å². The Hall–Kier alpha value is -1.54. The fraction of sp³-hybridized carbons (Fsp3) is 0.417. The third-order valence-corrected chi connectivity index (χ3v) is 3.44. The first-order valence-corrected chi connectivity index (χ1v) is 7.33. The summed E-state index contributed by atoms with van der Waals surface area (Å²) in [4.78, 5) is 0. The second-order valence-corrected chi connectivity index (χ2v) is 6.43. The summed E-state index contributed by atoms with van der Waals surface area (Å²) in [6.07, 6.45) is 1.20. The molecule has 1 atom stereocenters. The first kappa shape index (κ1) is 13.5. The van der Waals surface area contributed by atoms with E-state index in [0.29, 0.717) is 11.3 Å². The van der Waals surface area contributed by atoms with Crippen molar-refractivity contribution in [1.29, 1.82) is 5.26 Å². The summed E-state index contributed by atoms with van der Waals surface area (Å²) in [5.41, 5.74) is 2.13. The fourth-order valence-corrected chi connectivity index (χ4v) is 2.69. The van der Waals surface area contributed by atoms with E-state index >= 15 is 0 Å². The third kappa shape index (κ3) is 4.08. The highest BCUT2D eigenvalue weighted by Gasteiger charge is 2.12. The maximum Gasteiger partial charge on any atom is 0.149 e. The molecule has 1 unspecified atom stereocenters.